The molecule has 0 saturated carbocycles. The van der Waals surface area contributed by atoms with Gasteiger partial charge in [-0.25, -0.2) is 13.8 Å². The zero-order valence-electron chi connectivity index (χ0n) is 16.6. The van der Waals surface area contributed by atoms with Crippen LogP contribution >= 0.6 is 11.6 Å². The Hall–Kier alpha value is -2.25. The number of likely N-dealkylation sites (tertiary alicyclic amines) is 1. The molecule has 0 unspecified atom stereocenters. The monoisotopic (exact) mass is 422 g/mol. The largest absolute Gasteiger partial charge is 0.373 e. The summed E-state index contributed by atoms with van der Waals surface area (Å²) in [5, 5.41) is 6.09. The summed E-state index contributed by atoms with van der Waals surface area (Å²) < 4.78 is 28.4. The minimum Gasteiger partial charge on any atom is -0.373 e. The summed E-state index contributed by atoms with van der Waals surface area (Å²) in [5.41, 5.74) is 0.821. The summed E-state index contributed by atoms with van der Waals surface area (Å²) in [6.45, 7) is 3.25. The Labute approximate surface area is 174 Å². The SMILES string of the molecule is CNc1nc(CNCC2(F)CCN(C(=O)c3ccc(F)c(Cl)c3)CC2)ccc1C. The third-order valence-electron chi connectivity index (χ3n) is 5.25. The van der Waals surface area contributed by atoms with Gasteiger partial charge in [-0.15, -0.1) is 0 Å². The maximum absolute atomic E-state index is 15.1. The molecule has 0 radical (unpaired) electrons. The number of hydrogen-bond acceptors (Lipinski definition) is 4. The second-order valence-electron chi connectivity index (χ2n) is 7.39. The van der Waals surface area contributed by atoms with Gasteiger partial charge in [0, 0.05) is 51.6 Å². The Kier molecular flexibility index (Phi) is 6.70. The van der Waals surface area contributed by atoms with Crippen molar-refractivity contribution in [1.29, 1.82) is 0 Å². The number of benzene rings is 1. The lowest BCUT2D eigenvalue weighted by molar-refractivity contribution is 0.0434. The number of halogens is 3. The van der Waals surface area contributed by atoms with Crippen molar-refractivity contribution < 1.29 is 13.6 Å². The highest BCUT2D eigenvalue weighted by molar-refractivity contribution is 6.31. The lowest BCUT2D eigenvalue weighted by Crippen LogP contribution is -2.48. The van der Waals surface area contributed by atoms with Gasteiger partial charge in [0.25, 0.3) is 5.91 Å². The Morgan fingerprint density at radius 2 is 2.00 bits per heavy atom. The number of nitrogens with one attached hydrogen (secondary N) is 2. The van der Waals surface area contributed by atoms with Gasteiger partial charge >= 0.3 is 0 Å². The lowest BCUT2D eigenvalue weighted by Gasteiger charge is -2.36. The van der Waals surface area contributed by atoms with Crippen LogP contribution in [0.1, 0.15) is 34.5 Å². The molecule has 1 aromatic heterocycles. The summed E-state index contributed by atoms with van der Waals surface area (Å²) in [6, 6.07) is 7.78. The van der Waals surface area contributed by atoms with Gasteiger partial charge in [-0.05, 0) is 36.8 Å². The molecule has 156 valence electrons. The molecule has 1 aromatic carbocycles. The van der Waals surface area contributed by atoms with Crippen molar-refractivity contribution in [2.24, 2.45) is 0 Å². The zero-order chi connectivity index (χ0) is 21.0. The smallest absolute Gasteiger partial charge is 0.253 e. The standard InChI is InChI=1S/C21H25ClF2N4O/c1-14-3-5-16(27-19(14)25-2)12-26-13-21(24)7-9-28(10-8-21)20(29)15-4-6-18(23)17(22)11-15/h3-6,11,26H,7-10,12-13H2,1-2H3,(H,25,27). The maximum atomic E-state index is 15.1. The predicted octanol–water partition coefficient (Wildman–Crippen LogP) is 3.96. The van der Waals surface area contributed by atoms with Gasteiger partial charge in [0.1, 0.15) is 17.3 Å². The summed E-state index contributed by atoms with van der Waals surface area (Å²) >= 11 is 5.75. The van der Waals surface area contributed by atoms with E-state index in [1.54, 1.807) is 4.90 Å². The van der Waals surface area contributed by atoms with Crippen LogP contribution in [0, 0.1) is 12.7 Å². The number of pyridine rings is 1. The van der Waals surface area contributed by atoms with Crippen molar-refractivity contribution in [2.45, 2.75) is 32.0 Å². The molecule has 0 spiro atoms. The number of anilines is 1. The molecule has 1 saturated heterocycles. The first-order chi connectivity index (χ1) is 13.8. The number of aryl methyl sites for hydroxylation is 1. The fourth-order valence-corrected chi connectivity index (χ4v) is 3.61. The molecular formula is C21H25ClF2N4O. The second kappa shape index (κ2) is 9.05. The van der Waals surface area contributed by atoms with Crippen LogP contribution in [0.25, 0.3) is 0 Å². The number of alkyl halides is 1. The fourth-order valence-electron chi connectivity index (χ4n) is 3.43. The average Bonchev–Trinajstić information content (AvgIpc) is 2.71. The first-order valence-corrected chi connectivity index (χ1v) is 9.97. The Morgan fingerprint density at radius 1 is 1.28 bits per heavy atom. The number of aromatic nitrogens is 1. The van der Waals surface area contributed by atoms with Crippen LogP contribution in [-0.2, 0) is 6.54 Å². The van der Waals surface area contributed by atoms with Gasteiger partial charge in [0.05, 0.1) is 10.7 Å². The summed E-state index contributed by atoms with van der Waals surface area (Å²) in [6.07, 6.45) is 0.480. The van der Waals surface area contributed by atoms with Crippen molar-refractivity contribution in [3.8, 4) is 0 Å². The molecular weight excluding hydrogens is 398 g/mol. The highest BCUT2D eigenvalue weighted by Gasteiger charge is 2.36. The first kappa shape index (κ1) is 21.5. The minimum atomic E-state index is -1.38. The lowest BCUT2D eigenvalue weighted by atomic mass is 9.92. The normalized spacial score (nSPS) is 16.0. The molecule has 0 bridgehead atoms. The van der Waals surface area contributed by atoms with Gasteiger partial charge in [-0.1, -0.05) is 17.7 Å². The van der Waals surface area contributed by atoms with E-state index in [1.165, 1.54) is 18.2 Å². The average molecular weight is 423 g/mol. The van der Waals surface area contributed by atoms with Crippen molar-refractivity contribution >= 4 is 23.3 Å². The van der Waals surface area contributed by atoms with Crippen LogP contribution in [0.4, 0.5) is 14.6 Å². The van der Waals surface area contributed by atoms with Crippen LogP contribution < -0.4 is 10.6 Å². The van der Waals surface area contributed by atoms with Gasteiger partial charge in [-0.2, -0.15) is 0 Å². The van der Waals surface area contributed by atoms with Crippen molar-refractivity contribution in [3.63, 3.8) is 0 Å². The molecule has 29 heavy (non-hydrogen) atoms. The van der Waals surface area contributed by atoms with Crippen LogP contribution in [0.2, 0.25) is 5.02 Å². The van der Waals surface area contributed by atoms with Crippen molar-refractivity contribution in [3.05, 3.63) is 58.0 Å². The van der Waals surface area contributed by atoms with E-state index in [0.717, 1.165) is 17.1 Å². The Balaban J connectivity index is 1.51. The first-order valence-electron chi connectivity index (χ1n) is 9.59. The van der Waals surface area contributed by atoms with E-state index >= 15 is 4.39 Å². The summed E-state index contributed by atoms with van der Waals surface area (Å²) in [7, 11) is 1.82. The molecule has 2 aromatic rings. The van der Waals surface area contributed by atoms with Crippen molar-refractivity contribution in [2.75, 3.05) is 32.0 Å². The summed E-state index contributed by atoms with van der Waals surface area (Å²) in [4.78, 5) is 18.6. The molecule has 1 fully saturated rings. The van der Waals surface area contributed by atoms with Gasteiger partial charge in [0.2, 0.25) is 0 Å². The van der Waals surface area contributed by atoms with E-state index in [1.807, 2.05) is 26.1 Å². The van der Waals surface area contributed by atoms with Gasteiger partial charge < -0.3 is 15.5 Å². The Bertz CT molecular complexity index is 885. The van der Waals surface area contributed by atoms with Gasteiger partial charge in [0.15, 0.2) is 0 Å². The van der Waals surface area contributed by atoms with E-state index in [9.17, 15) is 9.18 Å². The second-order valence-corrected chi connectivity index (χ2v) is 7.80. The number of nitrogens with zero attached hydrogens (tertiary/aromatic N) is 2. The molecule has 2 heterocycles. The topological polar surface area (TPSA) is 57.3 Å². The third-order valence-corrected chi connectivity index (χ3v) is 5.54. The Morgan fingerprint density at radius 3 is 2.66 bits per heavy atom. The molecule has 2 N–H and O–H groups in total. The van der Waals surface area contributed by atoms with E-state index < -0.39 is 11.5 Å². The van der Waals surface area contributed by atoms with Crippen molar-refractivity contribution in [1.82, 2.24) is 15.2 Å². The van der Waals surface area contributed by atoms with Crippen LogP contribution in [-0.4, -0.2) is 48.1 Å². The number of piperidine rings is 1. The van der Waals surface area contributed by atoms with Crippen LogP contribution in [0.3, 0.4) is 0 Å². The number of hydrogen-bond donors (Lipinski definition) is 2. The molecule has 1 aliphatic rings. The number of rotatable bonds is 6. The molecule has 0 aliphatic carbocycles. The molecule has 1 aliphatic heterocycles. The maximum Gasteiger partial charge on any atom is 0.253 e. The summed E-state index contributed by atoms with van der Waals surface area (Å²) in [5.74, 6) is -0.0158. The number of carbonyl (C=O) groups is 1. The molecule has 1 amide bonds. The third kappa shape index (κ3) is 5.22. The predicted molar refractivity (Wildman–Crippen MR) is 111 cm³/mol. The molecule has 3 rings (SSSR count). The van der Waals surface area contributed by atoms with E-state index in [2.05, 4.69) is 15.6 Å². The molecule has 8 heteroatoms. The zero-order valence-corrected chi connectivity index (χ0v) is 17.3. The highest BCUT2D eigenvalue weighted by Crippen LogP contribution is 2.27. The number of amides is 1. The molecule has 5 nitrogen and oxygen atoms in total. The van der Waals surface area contributed by atoms with E-state index in [4.69, 9.17) is 11.6 Å². The highest BCUT2D eigenvalue weighted by atomic mass is 35.5. The molecule has 0 atom stereocenters. The quantitative estimate of drug-likeness (QED) is 0.739. The fraction of sp³-hybridized carbons (Fsp3) is 0.429. The van der Waals surface area contributed by atoms with E-state index in [-0.39, 0.29) is 30.3 Å². The van der Waals surface area contributed by atoms with Gasteiger partial charge in [-0.3, -0.25) is 4.79 Å². The minimum absolute atomic E-state index is 0.0944. The van der Waals surface area contributed by atoms with Crippen LogP contribution in [0.15, 0.2) is 30.3 Å². The van der Waals surface area contributed by atoms with Crippen LogP contribution in [0.5, 0.6) is 0 Å². The van der Waals surface area contributed by atoms with E-state index in [0.29, 0.717) is 25.2 Å². The number of carbonyl (C=O) groups excluding carboxylic acids is 1.